The molecule has 0 aliphatic heterocycles. The zero-order valence-corrected chi connectivity index (χ0v) is 10.5. The number of hydrogen-bond donors (Lipinski definition) is 2. The van der Waals surface area contributed by atoms with Crippen molar-refractivity contribution >= 4 is 11.0 Å². The molecule has 2 aromatic rings. The Bertz CT molecular complexity index is 443. The number of nitrogens with one attached hydrogen (secondary N) is 1. The maximum atomic E-state index is 9.37. The van der Waals surface area contributed by atoms with Crippen molar-refractivity contribution in [1.82, 2.24) is 9.97 Å². The lowest BCUT2D eigenvalue weighted by molar-refractivity contribution is 0.204. The quantitative estimate of drug-likeness (QED) is 0.832. The van der Waals surface area contributed by atoms with Gasteiger partial charge >= 0.3 is 0 Å². The minimum Gasteiger partial charge on any atom is -0.396 e. The van der Waals surface area contributed by atoms with Crippen LogP contribution in [-0.2, 0) is 6.42 Å². The molecular weight excluding hydrogens is 212 g/mol. The van der Waals surface area contributed by atoms with Gasteiger partial charge in [-0.1, -0.05) is 26.0 Å². The van der Waals surface area contributed by atoms with Gasteiger partial charge in [-0.15, -0.1) is 0 Å². The van der Waals surface area contributed by atoms with Crippen molar-refractivity contribution < 1.29 is 5.11 Å². The third-order valence-electron chi connectivity index (χ3n) is 2.98. The Morgan fingerprint density at radius 2 is 2.06 bits per heavy atom. The molecule has 0 amide bonds. The monoisotopic (exact) mass is 232 g/mol. The molecule has 0 bridgehead atoms. The molecule has 0 fully saturated rings. The van der Waals surface area contributed by atoms with E-state index in [0.717, 1.165) is 29.7 Å². The molecule has 2 rings (SSSR count). The lowest BCUT2D eigenvalue weighted by Gasteiger charge is -2.14. The highest BCUT2D eigenvalue weighted by molar-refractivity contribution is 5.74. The first-order chi connectivity index (χ1) is 8.19. The number of rotatable bonds is 5. The summed E-state index contributed by atoms with van der Waals surface area (Å²) in [6.45, 7) is 4.60. The molecular formula is C14H20N2O. The number of aliphatic hydroxyl groups is 1. The molecule has 1 heterocycles. The van der Waals surface area contributed by atoms with Crippen LogP contribution in [0.1, 0.15) is 26.1 Å². The summed E-state index contributed by atoms with van der Waals surface area (Å²) in [6.07, 6.45) is 1.86. The summed E-state index contributed by atoms with van der Waals surface area (Å²) in [7, 11) is 0. The summed E-state index contributed by atoms with van der Waals surface area (Å²) < 4.78 is 0. The van der Waals surface area contributed by atoms with Crippen molar-refractivity contribution in [1.29, 1.82) is 0 Å². The van der Waals surface area contributed by atoms with E-state index in [0.29, 0.717) is 11.8 Å². The van der Waals surface area contributed by atoms with E-state index in [4.69, 9.17) is 0 Å². The Morgan fingerprint density at radius 1 is 1.29 bits per heavy atom. The second-order valence-corrected chi connectivity index (χ2v) is 5.08. The highest BCUT2D eigenvalue weighted by atomic mass is 16.3. The first-order valence-corrected chi connectivity index (χ1v) is 6.23. The van der Waals surface area contributed by atoms with Gasteiger partial charge in [0.15, 0.2) is 0 Å². The second kappa shape index (κ2) is 5.32. The van der Waals surface area contributed by atoms with Gasteiger partial charge in [-0.2, -0.15) is 0 Å². The molecule has 1 aromatic carbocycles. The Hall–Kier alpha value is -1.35. The maximum absolute atomic E-state index is 9.37. The van der Waals surface area contributed by atoms with Gasteiger partial charge in [0.1, 0.15) is 5.82 Å². The molecule has 17 heavy (non-hydrogen) atoms. The molecule has 0 aliphatic rings. The van der Waals surface area contributed by atoms with Crippen LogP contribution in [0.25, 0.3) is 11.0 Å². The van der Waals surface area contributed by atoms with Crippen LogP contribution < -0.4 is 0 Å². The SMILES string of the molecule is CC(C)C[C@H](CO)Cc1nc2ccccc2[nH]1. The topological polar surface area (TPSA) is 48.9 Å². The second-order valence-electron chi connectivity index (χ2n) is 5.08. The van der Waals surface area contributed by atoms with Crippen LogP contribution in [0.4, 0.5) is 0 Å². The zero-order valence-electron chi connectivity index (χ0n) is 10.5. The normalized spacial score (nSPS) is 13.4. The molecule has 1 atom stereocenters. The van der Waals surface area contributed by atoms with Crippen LogP contribution in [0.2, 0.25) is 0 Å². The third-order valence-corrected chi connectivity index (χ3v) is 2.98. The number of fused-ring (bicyclic) bond motifs is 1. The fourth-order valence-corrected chi connectivity index (χ4v) is 2.26. The van der Waals surface area contributed by atoms with Crippen LogP contribution >= 0.6 is 0 Å². The van der Waals surface area contributed by atoms with Gasteiger partial charge < -0.3 is 10.1 Å². The lowest BCUT2D eigenvalue weighted by atomic mass is 9.95. The van der Waals surface area contributed by atoms with Gasteiger partial charge in [-0.25, -0.2) is 4.98 Å². The minimum atomic E-state index is 0.231. The molecule has 0 saturated heterocycles. The number of benzene rings is 1. The molecule has 0 spiro atoms. The van der Waals surface area contributed by atoms with Crippen molar-refractivity contribution in [3.05, 3.63) is 30.1 Å². The minimum absolute atomic E-state index is 0.231. The highest BCUT2D eigenvalue weighted by Gasteiger charge is 2.13. The van der Waals surface area contributed by atoms with Gasteiger partial charge in [-0.05, 0) is 30.4 Å². The van der Waals surface area contributed by atoms with E-state index in [1.165, 1.54) is 0 Å². The molecule has 2 N–H and O–H groups in total. The van der Waals surface area contributed by atoms with Crippen molar-refractivity contribution in [3.63, 3.8) is 0 Å². The van der Waals surface area contributed by atoms with Crippen LogP contribution in [0, 0.1) is 11.8 Å². The number of hydrogen-bond acceptors (Lipinski definition) is 2. The van der Waals surface area contributed by atoms with Crippen LogP contribution in [0.5, 0.6) is 0 Å². The standard InChI is InChI=1S/C14H20N2O/c1-10(2)7-11(9-17)8-14-15-12-5-3-4-6-13(12)16-14/h3-6,10-11,17H,7-9H2,1-2H3,(H,15,16)/t11-/m0/s1. The fourth-order valence-electron chi connectivity index (χ4n) is 2.26. The smallest absolute Gasteiger partial charge is 0.107 e. The number of H-pyrrole nitrogens is 1. The molecule has 3 nitrogen and oxygen atoms in total. The van der Waals surface area contributed by atoms with Crippen molar-refractivity contribution in [2.24, 2.45) is 11.8 Å². The van der Waals surface area contributed by atoms with Gasteiger partial charge in [-0.3, -0.25) is 0 Å². The molecule has 0 unspecified atom stereocenters. The number of aromatic nitrogens is 2. The number of imidazole rings is 1. The van der Waals surface area contributed by atoms with Gasteiger partial charge in [0.05, 0.1) is 11.0 Å². The predicted molar refractivity (Wildman–Crippen MR) is 69.8 cm³/mol. The van der Waals surface area contributed by atoms with Crippen molar-refractivity contribution in [3.8, 4) is 0 Å². The summed E-state index contributed by atoms with van der Waals surface area (Å²) >= 11 is 0. The van der Waals surface area contributed by atoms with E-state index in [2.05, 4.69) is 23.8 Å². The molecule has 0 aliphatic carbocycles. The predicted octanol–water partition coefficient (Wildman–Crippen LogP) is 2.76. The van der Waals surface area contributed by atoms with E-state index in [-0.39, 0.29) is 6.61 Å². The van der Waals surface area contributed by atoms with Crippen LogP contribution in [-0.4, -0.2) is 21.7 Å². The molecule has 3 heteroatoms. The van der Waals surface area contributed by atoms with E-state index in [9.17, 15) is 5.11 Å². The molecule has 92 valence electrons. The molecule has 1 aromatic heterocycles. The number of aromatic amines is 1. The summed E-state index contributed by atoms with van der Waals surface area (Å²) in [5, 5.41) is 9.37. The van der Waals surface area contributed by atoms with E-state index >= 15 is 0 Å². The number of nitrogens with zero attached hydrogens (tertiary/aromatic N) is 1. The van der Waals surface area contributed by atoms with Crippen LogP contribution in [0.15, 0.2) is 24.3 Å². The molecule has 0 radical (unpaired) electrons. The van der Waals surface area contributed by atoms with Gasteiger partial charge in [0.2, 0.25) is 0 Å². The Labute approximate surface area is 102 Å². The average Bonchev–Trinajstić information content (AvgIpc) is 2.69. The summed E-state index contributed by atoms with van der Waals surface area (Å²) in [4.78, 5) is 7.85. The summed E-state index contributed by atoms with van der Waals surface area (Å²) in [6, 6.07) is 8.03. The van der Waals surface area contributed by atoms with Gasteiger partial charge in [0.25, 0.3) is 0 Å². The maximum Gasteiger partial charge on any atom is 0.107 e. The summed E-state index contributed by atoms with van der Waals surface area (Å²) in [5.74, 6) is 1.89. The van der Waals surface area contributed by atoms with Crippen molar-refractivity contribution in [2.75, 3.05) is 6.61 Å². The largest absolute Gasteiger partial charge is 0.396 e. The van der Waals surface area contributed by atoms with E-state index < -0.39 is 0 Å². The van der Waals surface area contributed by atoms with Crippen LogP contribution in [0.3, 0.4) is 0 Å². The number of aliphatic hydroxyl groups excluding tert-OH is 1. The van der Waals surface area contributed by atoms with Crippen molar-refractivity contribution in [2.45, 2.75) is 26.7 Å². The first kappa shape index (κ1) is 12.1. The third kappa shape index (κ3) is 3.07. The van der Waals surface area contributed by atoms with E-state index in [1.54, 1.807) is 0 Å². The number of para-hydroxylation sites is 2. The highest BCUT2D eigenvalue weighted by Crippen LogP contribution is 2.17. The lowest BCUT2D eigenvalue weighted by Crippen LogP contribution is -2.13. The zero-order chi connectivity index (χ0) is 12.3. The van der Waals surface area contributed by atoms with E-state index in [1.807, 2.05) is 24.3 Å². The summed E-state index contributed by atoms with van der Waals surface area (Å²) in [5.41, 5.74) is 2.08. The first-order valence-electron chi connectivity index (χ1n) is 6.23. The average molecular weight is 232 g/mol. The Balaban J connectivity index is 2.11. The Morgan fingerprint density at radius 3 is 2.71 bits per heavy atom. The Kier molecular flexibility index (Phi) is 3.79. The fraction of sp³-hybridized carbons (Fsp3) is 0.500. The van der Waals surface area contributed by atoms with Gasteiger partial charge in [0, 0.05) is 13.0 Å². The molecule has 0 saturated carbocycles.